The summed E-state index contributed by atoms with van der Waals surface area (Å²) in [5, 5.41) is 0.130. The summed E-state index contributed by atoms with van der Waals surface area (Å²) in [6.45, 7) is 1.42. The Kier molecular flexibility index (Phi) is 5.86. The van der Waals surface area contributed by atoms with Crippen molar-refractivity contribution in [1.29, 1.82) is 0 Å². The number of nitrogens with zero attached hydrogens (tertiary/aromatic N) is 1. The Morgan fingerprint density at radius 2 is 1.53 bits per heavy atom. The molecule has 3 aromatic rings. The molecule has 1 atom stereocenters. The lowest BCUT2D eigenvalue weighted by molar-refractivity contribution is -0.149. The molecule has 1 saturated heterocycles. The van der Waals surface area contributed by atoms with Crippen molar-refractivity contribution in [3.05, 3.63) is 102 Å². The number of ether oxygens (including phenoxy) is 1. The molecule has 6 rings (SSSR count). The number of carbonyl (C=O) groups excluding carboxylic acids is 1. The Labute approximate surface area is 206 Å². The van der Waals surface area contributed by atoms with Gasteiger partial charge in [-0.15, -0.1) is 11.8 Å². The van der Waals surface area contributed by atoms with E-state index in [1.807, 2.05) is 42.1 Å². The zero-order chi connectivity index (χ0) is 23.0. The lowest BCUT2D eigenvalue weighted by Crippen LogP contribution is -2.52. The summed E-state index contributed by atoms with van der Waals surface area (Å²) in [6.07, 6.45) is 4.66. The summed E-state index contributed by atoms with van der Waals surface area (Å²) in [5.74, 6) is 3.15. The molecule has 1 aliphatic heterocycles. The molecule has 3 nitrogen and oxygen atoms in total. The second-order valence-corrected chi connectivity index (χ2v) is 11.4. The van der Waals surface area contributed by atoms with Crippen molar-refractivity contribution in [2.75, 3.05) is 12.3 Å². The quantitative estimate of drug-likeness (QED) is 0.397. The SMILES string of the molecule is O=C(C1CC2(C1)CC(c1ccccc1)C2)N1CCSC1c1ccc(OCc2ccccc2)cc1. The highest BCUT2D eigenvalue weighted by atomic mass is 32.2. The largest absolute Gasteiger partial charge is 0.489 e. The second-order valence-electron chi connectivity index (χ2n) is 10.2. The van der Waals surface area contributed by atoms with Gasteiger partial charge in [-0.1, -0.05) is 72.8 Å². The number of benzene rings is 3. The maximum Gasteiger partial charge on any atom is 0.226 e. The van der Waals surface area contributed by atoms with Crippen LogP contribution in [0.5, 0.6) is 5.75 Å². The minimum Gasteiger partial charge on any atom is -0.489 e. The highest BCUT2D eigenvalue weighted by Crippen LogP contribution is 2.64. The minimum absolute atomic E-state index is 0.130. The second kappa shape index (κ2) is 9.14. The number of hydrogen-bond donors (Lipinski definition) is 0. The van der Waals surface area contributed by atoms with Gasteiger partial charge in [0.2, 0.25) is 5.91 Å². The van der Waals surface area contributed by atoms with Crippen LogP contribution in [-0.4, -0.2) is 23.1 Å². The Balaban J connectivity index is 1.03. The van der Waals surface area contributed by atoms with Gasteiger partial charge in [-0.05, 0) is 65.8 Å². The molecule has 34 heavy (non-hydrogen) atoms. The predicted molar refractivity (Wildman–Crippen MR) is 138 cm³/mol. The van der Waals surface area contributed by atoms with Crippen LogP contribution in [0.1, 0.15) is 53.7 Å². The fourth-order valence-electron chi connectivity index (χ4n) is 6.12. The predicted octanol–water partition coefficient (Wildman–Crippen LogP) is 6.81. The lowest BCUT2D eigenvalue weighted by atomic mass is 9.47. The van der Waals surface area contributed by atoms with Gasteiger partial charge in [-0.2, -0.15) is 0 Å². The Morgan fingerprint density at radius 3 is 2.24 bits per heavy atom. The summed E-state index contributed by atoms with van der Waals surface area (Å²) in [4.78, 5) is 15.5. The van der Waals surface area contributed by atoms with Crippen LogP contribution in [-0.2, 0) is 11.4 Å². The molecule has 0 radical (unpaired) electrons. The monoisotopic (exact) mass is 469 g/mol. The first kappa shape index (κ1) is 21.8. The van der Waals surface area contributed by atoms with Gasteiger partial charge in [-0.3, -0.25) is 4.79 Å². The van der Waals surface area contributed by atoms with Gasteiger partial charge in [0, 0.05) is 18.2 Å². The average molecular weight is 470 g/mol. The van der Waals surface area contributed by atoms with Crippen LogP contribution in [0.4, 0.5) is 0 Å². The van der Waals surface area contributed by atoms with Gasteiger partial charge >= 0.3 is 0 Å². The fourth-order valence-corrected chi connectivity index (χ4v) is 7.38. The van der Waals surface area contributed by atoms with Crippen molar-refractivity contribution in [1.82, 2.24) is 4.90 Å². The van der Waals surface area contributed by atoms with Gasteiger partial charge in [0.25, 0.3) is 0 Å². The van der Waals surface area contributed by atoms with E-state index in [9.17, 15) is 4.79 Å². The van der Waals surface area contributed by atoms with Crippen LogP contribution >= 0.6 is 11.8 Å². The first-order valence-corrected chi connectivity index (χ1v) is 13.5. The van der Waals surface area contributed by atoms with E-state index in [0.29, 0.717) is 23.8 Å². The fraction of sp³-hybridized carbons (Fsp3) is 0.367. The van der Waals surface area contributed by atoms with Crippen LogP contribution in [0.3, 0.4) is 0 Å². The Bertz CT molecular complexity index is 1120. The molecule has 3 aromatic carbocycles. The van der Waals surface area contributed by atoms with E-state index in [1.165, 1.54) is 24.0 Å². The molecule has 1 unspecified atom stereocenters. The molecule has 0 aromatic heterocycles. The molecule has 1 amide bonds. The van der Waals surface area contributed by atoms with E-state index in [0.717, 1.165) is 36.5 Å². The number of amides is 1. The first-order valence-electron chi connectivity index (χ1n) is 12.4. The van der Waals surface area contributed by atoms with Crippen LogP contribution in [0.15, 0.2) is 84.9 Å². The zero-order valence-corrected chi connectivity index (χ0v) is 20.3. The van der Waals surface area contributed by atoms with Gasteiger partial charge in [0.15, 0.2) is 0 Å². The van der Waals surface area contributed by atoms with Crippen molar-refractivity contribution in [2.24, 2.45) is 11.3 Å². The molecule has 1 spiro atoms. The van der Waals surface area contributed by atoms with Crippen LogP contribution in [0.25, 0.3) is 0 Å². The summed E-state index contributed by atoms with van der Waals surface area (Å²) in [5.41, 5.74) is 4.26. The molecule has 1 heterocycles. The van der Waals surface area contributed by atoms with Crippen molar-refractivity contribution in [2.45, 2.75) is 43.6 Å². The third-order valence-electron chi connectivity index (χ3n) is 7.93. The van der Waals surface area contributed by atoms with Gasteiger partial charge < -0.3 is 9.64 Å². The van der Waals surface area contributed by atoms with E-state index in [2.05, 4.69) is 59.5 Å². The van der Waals surface area contributed by atoms with E-state index in [4.69, 9.17) is 4.74 Å². The van der Waals surface area contributed by atoms with E-state index >= 15 is 0 Å². The third kappa shape index (κ3) is 4.24. The van der Waals surface area contributed by atoms with Gasteiger partial charge in [-0.25, -0.2) is 0 Å². The standard InChI is InChI=1S/C30H31NO2S/c32-28(26-19-30(20-26)17-25(18-30)23-9-5-2-6-10-23)31-15-16-34-29(31)24-11-13-27(14-12-24)33-21-22-7-3-1-4-8-22/h1-14,25-26,29H,15-21H2. The molecule has 4 heteroatoms. The summed E-state index contributed by atoms with van der Waals surface area (Å²) in [6, 6.07) is 29.4. The van der Waals surface area contributed by atoms with Crippen LogP contribution < -0.4 is 4.74 Å². The molecule has 0 bridgehead atoms. The summed E-state index contributed by atoms with van der Waals surface area (Å²) in [7, 11) is 0. The summed E-state index contributed by atoms with van der Waals surface area (Å²) < 4.78 is 5.94. The van der Waals surface area contributed by atoms with E-state index in [1.54, 1.807) is 0 Å². The third-order valence-corrected chi connectivity index (χ3v) is 9.19. The van der Waals surface area contributed by atoms with E-state index in [-0.39, 0.29) is 11.3 Å². The average Bonchev–Trinajstić information content (AvgIpc) is 3.33. The highest BCUT2D eigenvalue weighted by molar-refractivity contribution is 7.99. The maximum atomic E-state index is 13.4. The zero-order valence-electron chi connectivity index (χ0n) is 19.4. The molecular weight excluding hydrogens is 438 g/mol. The number of hydrogen-bond acceptors (Lipinski definition) is 3. The molecule has 2 saturated carbocycles. The van der Waals surface area contributed by atoms with Crippen molar-refractivity contribution in [3.63, 3.8) is 0 Å². The van der Waals surface area contributed by atoms with Crippen molar-refractivity contribution < 1.29 is 9.53 Å². The van der Waals surface area contributed by atoms with Gasteiger partial charge in [0.1, 0.15) is 17.7 Å². The molecule has 174 valence electrons. The molecule has 3 fully saturated rings. The van der Waals surface area contributed by atoms with E-state index < -0.39 is 0 Å². The number of carbonyl (C=O) groups is 1. The number of thioether (sulfide) groups is 1. The lowest BCUT2D eigenvalue weighted by Gasteiger charge is -2.58. The number of rotatable bonds is 6. The molecule has 0 N–H and O–H groups in total. The van der Waals surface area contributed by atoms with Crippen molar-refractivity contribution in [3.8, 4) is 5.75 Å². The highest BCUT2D eigenvalue weighted by Gasteiger charge is 2.56. The molecule has 2 aliphatic carbocycles. The van der Waals surface area contributed by atoms with Crippen LogP contribution in [0.2, 0.25) is 0 Å². The van der Waals surface area contributed by atoms with Gasteiger partial charge in [0.05, 0.1) is 0 Å². The Hall–Kier alpha value is -2.72. The molecule has 3 aliphatic rings. The van der Waals surface area contributed by atoms with Crippen molar-refractivity contribution >= 4 is 17.7 Å². The smallest absolute Gasteiger partial charge is 0.226 e. The first-order chi connectivity index (χ1) is 16.7. The Morgan fingerprint density at radius 1 is 0.853 bits per heavy atom. The normalized spacial score (nSPS) is 27.8. The maximum absolute atomic E-state index is 13.4. The minimum atomic E-state index is 0.130. The summed E-state index contributed by atoms with van der Waals surface area (Å²) >= 11 is 1.88. The topological polar surface area (TPSA) is 29.5 Å². The molecular formula is C30H31NO2S. The van der Waals surface area contributed by atoms with Crippen LogP contribution in [0, 0.1) is 11.3 Å².